The van der Waals surface area contributed by atoms with Crippen molar-refractivity contribution in [2.75, 3.05) is 5.32 Å². The minimum atomic E-state index is -0.293. The Hall–Kier alpha value is -3.64. The zero-order valence-electron chi connectivity index (χ0n) is 15.2. The molecule has 1 heterocycles. The Labute approximate surface area is 172 Å². The Morgan fingerprint density at radius 2 is 1.69 bits per heavy atom. The number of hydrogen-bond donors (Lipinski definition) is 1. The van der Waals surface area contributed by atoms with Crippen molar-refractivity contribution >= 4 is 23.2 Å². The average molecular weight is 406 g/mol. The van der Waals surface area contributed by atoms with Crippen LogP contribution in [0.15, 0.2) is 83.4 Å². The van der Waals surface area contributed by atoms with Gasteiger partial charge in [0.15, 0.2) is 6.61 Å². The maximum atomic E-state index is 12.6. The first-order valence-electron chi connectivity index (χ1n) is 8.86. The first kappa shape index (κ1) is 18.7. The molecule has 0 saturated heterocycles. The molecule has 1 aromatic heterocycles. The Bertz CT molecular complexity index is 1110. The molecule has 0 unspecified atom stereocenters. The van der Waals surface area contributed by atoms with E-state index in [9.17, 15) is 4.79 Å². The van der Waals surface area contributed by atoms with Crippen LogP contribution in [0.25, 0.3) is 11.4 Å². The molecule has 0 spiro atoms. The van der Waals surface area contributed by atoms with E-state index in [0.29, 0.717) is 33.7 Å². The Morgan fingerprint density at radius 3 is 2.48 bits per heavy atom. The predicted molar refractivity (Wildman–Crippen MR) is 110 cm³/mol. The van der Waals surface area contributed by atoms with Crippen LogP contribution in [-0.4, -0.2) is 16.0 Å². The third kappa shape index (κ3) is 4.62. The molecule has 0 aliphatic rings. The molecule has 1 amide bonds. The largest absolute Gasteiger partial charge is 0.483 e. The van der Waals surface area contributed by atoms with Gasteiger partial charge < -0.3 is 14.6 Å². The van der Waals surface area contributed by atoms with Gasteiger partial charge >= 0.3 is 0 Å². The molecule has 0 radical (unpaired) electrons. The molecule has 0 atom stereocenters. The fraction of sp³-hybridized carbons (Fsp3) is 0.0455. The third-order valence-electron chi connectivity index (χ3n) is 4.08. The lowest BCUT2D eigenvalue weighted by atomic mass is 10.2. The zero-order chi connectivity index (χ0) is 20.1. The number of nitrogens with one attached hydrogen (secondary N) is 1. The van der Waals surface area contributed by atoms with Gasteiger partial charge in [-0.1, -0.05) is 59.2 Å². The van der Waals surface area contributed by atoms with Crippen LogP contribution in [0.3, 0.4) is 0 Å². The summed E-state index contributed by atoms with van der Waals surface area (Å²) in [7, 11) is 0. The van der Waals surface area contributed by atoms with E-state index < -0.39 is 0 Å². The van der Waals surface area contributed by atoms with Gasteiger partial charge in [0, 0.05) is 16.3 Å². The molecule has 3 aromatic carbocycles. The van der Waals surface area contributed by atoms with Crippen molar-refractivity contribution in [3.8, 4) is 17.1 Å². The molecule has 0 saturated carbocycles. The van der Waals surface area contributed by atoms with Crippen LogP contribution in [-0.2, 0) is 6.61 Å². The van der Waals surface area contributed by atoms with Crippen LogP contribution in [0.5, 0.6) is 5.75 Å². The molecule has 0 fully saturated rings. The monoisotopic (exact) mass is 405 g/mol. The SMILES string of the molecule is O=C(Nc1ccc(Cl)cc1)c1ccccc1OCc1nc(-c2ccccc2)no1. The summed E-state index contributed by atoms with van der Waals surface area (Å²) in [5.74, 6) is 0.923. The Kier molecular flexibility index (Phi) is 5.54. The quantitative estimate of drug-likeness (QED) is 0.475. The van der Waals surface area contributed by atoms with Crippen molar-refractivity contribution in [3.05, 3.63) is 95.3 Å². The van der Waals surface area contributed by atoms with E-state index in [1.807, 2.05) is 30.3 Å². The van der Waals surface area contributed by atoms with Crippen molar-refractivity contribution in [2.24, 2.45) is 0 Å². The summed E-state index contributed by atoms with van der Waals surface area (Å²) in [5.41, 5.74) is 1.88. The maximum absolute atomic E-state index is 12.6. The van der Waals surface area contributed by atoms with Crippen LogP contribution in [0.1, 0.15) is 16.2 Å². The summed E-state index contributed by atoms with van der Waals surface area (Å²) in [6.45, 7) is 0.0467. The van der Waals surface area contributed by atoms with E-state index in [1.54, 1.807) is 48.5 Å². The van der Waals surface area contributed by atoms with Crippen molar-refractivity contribution in [3.63, 3.8) is 0 Å². The van der Waals surface area contributed by atoms with Gasteiger partial charge in [-0.05, 0) is 36.4 Å². The van der Waals surface area contributed by atoms with Crippen LogP contribution >= 0.6 is 11.6 Å². The van der Waals surface area contributed by atoms with Gasteiger partial charge in [0.1, 0.15) is 5.75 Å². The fourth-order valence-corrected chi connectivity index (χ4v) is 2.80. The van der Waals surface area contributed by atoms with E-state index in [1.165, 1.54) is 0 Å². The Morgan fingerprint density at radius 1 is 0.966 bits per heavy atom. The van der Waals surface area contributed by atoms with Crippen LogP contribution in [0.4, 0.5) is 5.69 Å². The van der Waals surface area contributed by atoms with E-state index in [2.05, 4.69) is 15.5 Å². The maximum Gasteiger partial charge on any atom is 0.264 e. The Balaban J connectivity index is 1.45. The number of anilines is 1. The lowest BCUT2D eigenvalue weighted by molar-refractivity contribution is 0.102. The topological polar surface area (TPSA) is 77.2 Å². The first-order valence-corrected chi connectivity index (χ1v) is 9.23. The highest BCUT2D eigenvalue weighted by Crippen LogP contribution is 2.22. The van der Waals surface area contributed by atoms with Gasteiger partial charge in [-0.2, -0.15) is 4.98 Å². The molecular formula is C22H16ClN3O3. The second kappa shape index (κ2) is 8.58. The number of ether oxygens (including phenoxy) is 1. The van der Waals surface area contributed by atoms with Crippen LogP contribution in [0.2, 0.25) is 5.02 Å². The van der Waals surface area contributed by atoms with Crippen molar-refractivity contribution in [1.29, 1.82) is 0 Å². The molecule has 7 heteroatoms. The number of amides is 1. The number of para-hydroxylation sites is 1. The van der Waals surface area contributed by atoms with Crippen molar-refractivity contribution in [2.45, 2.75) is 6.61 Å². The zero-order valence-corrected chi connectivity index (χ0v) is 16.0. The lowest BCUT2D eigenvalue weighted by Crippen LogP contribution is -2.13. The normalized spacial score (nSPS) is 10.5. The summed E-state index contributed by atoms with van der Waals surface area (Å²) in [6.07, 6.45) is 0. The van der Waals surface area contributed by atoms with Gasteiger partial charge in [0.2, 0.25) is 5.82 Å². The van der Waals surface area contributed by atoms with Gasteiger partial charge in [-0.15, -0.1) is 0 Å². The van der Waals surface area contributed by atoms with Gasteiger partial charge in [-0.25, -0.2) is 0 Å². The number of halogens is 1. The minimum absolute atomic E-state index is 0.0467. The van der Waals surface area contributed by atoms with Crippen molar-refractivity contribution in [1.82, 2.24) is 10.1 Å². The molecule has 0 aliphatic carbocycles. The summed E-state index contributed by atoms with van der Waals surface area (Å²) >= 11 is 5.88. The highest BCUT2D eigenvalue weighted by Gasteiger charge is 2.14. The number of carbonyl (C=O) groups excluding carboxylic acids is 1. The molecule has 29 heavy (non-hydrogen) atoms. The summed E-state index contributed by atoms with van der Waals surface area (Å²) in [6, 6.07) is 23.3. The first-order chi connectivity index (χ1) is 14.2. The molecule has 4 aromatic rings. The number of nitrogens with zero attached hydrogens (tertiary/aromatic N) is 2. The van der Waals surface area contributed by atoms with Crippen LogP contribution < -0.4 is 10.1 Å². The van der Waals surface area contributed by atoms with Gasteiger partial charge in [0.25, 0.3) is 11.8 Å². The smallest absolute Gasteiger partial charge is 0.264 e. The highest BCUT2D eigenvalue weighted by atomic mass is 35.5. The molecule has 144 valence electrons. The second-order valence-electron chi connectivity index (χ2n) is 6.12. The van der Waals surface area contributed by atoms with Gasteiger partial charge in [-0.3, -0.25) is 4.79 Å². The van der Waals surface area contributed by atoms with Gasteiger partial charge in [0.05, 0.1) is 5.56 Å². The standard InChI is InChI=1S/C22H16ClN3O3/c23-16-10-12-17(13-11-16)24-22(27)18-8-4-5-9-19(18)28-14-20-25-21(26-29-20)15-6-2-1-3-7-15/h1-13H,14H2,(H,24,27). The third-order valence-corrected chi connectivity index (χ3v) is 4.34. The molecule has 4 rings (SSSR count). The average Bonchev–Trinajstić information content (AvgIpc) is 3.24. The van der Waals surface area contributed by atoms with E-state index >= 15 is 0 Å². The summed E-state index contributed by atoms with van der Waals surface area (Å²) < 4.78 is 11.0. The molecule has 1 N–H and O–H groups in total. The number of benzene rings is 3. The fourth-order valence-electron chi connectivity index (χ4n) is 2.67. The number of aromatic nitrogens is 2. The predicted octanol–water partition coefficient (Wildman–Crippen LogP) is 5.22. The van der Waals surface area contributed by atoms with E-state index in [-0.39, 0.29) is 12.5 Å². The second-order valence-corrected chi connectivity index (χ2v) is 6.56. The summed E-state index contributed by atoms with van der Waals surface area (Å²) in [5, 5.41) is 7.38. The molecule has 0 bridgehead atoms. The van der Waals surface area contributed by atoms with E-state index in [0.717, 1.165) is 5.56 Å². The van der Waals surface area contributed by atoms with Crippen molar-refractivity contribution < 1.29 is 14.1 Å². The van der Waals surface area contributed by atoms with E-state index in [4.69, 9.17) is 20.9 Å². The molecular weight excluding hydrogens is 390 g/mol. The van der Waals surface area contributed by atoms with Crippen LogP contribution in [0, 0.1) is 0 Å². The number of rotatable bonds is 6. The highest BCUT2D eigenvalue weighted by molar-refractivity contribution is 6.30. The number of hydrogen-bond acceptors (Lipinski definition) is 5. The molecule has 0 aliphatic heterocycles. The lowest BCUT2D eigenvalue weighted by Gasteiger charge is -2.10. The minimum Gasteiger partial charge on any atom is -0.483 e. The molecule has 6 nitrogen and oxygen atoms in total. The summed E-state index contributed by atoms with van der Waals surface area (Å²) in [4.78, 5) is 17.0. The number of carbonyl (C=O) groups is 1.